The van der Waals surface area contributed by atoms with Gasteiger partial charge < -0.3 is 0 Å². The lowest BCUT2D eigenvalue weighted by atomic mass is 9.78. The maximum Gasteiger partial charge on any atom is 0.140 e. The summed E-state index contributed by atoms with van der Waals surface area (Å²) in [6.07, 6.45) is 2.95. The number of hydrogen-bond donors (Lipinski definition) is 0. The van der Waals surface area contributed by atoms with E-state index in [9.17, 15) is 0 Å². The summed E-state index contributed by atoms with van der Waals surface area (Å²) in [6, 6.07) is 7.84. The van der Waals surface area contributed by atoms with Gasteiger partial charge in [0, 0.05) is 18.0 Å². The standard InChI is InChI=1S/C12H13N3/c1-3-12(2,5-6-13)10-4-7-15-11(8-10)9-14/h4,7-8H,3,5H2,1-2H3. The minimum Gasteiger partial charge on any atom is -0.246 e. The molecule has 3 heteroatoms. The molecular weight excluding hydrogens is 186 g/mol. The molecule has 1 unspecified atom stereocenters. The molecule has 0 saturated heterocycles. The van der Waals surface area contributed by atoms with Gasteiger partial charge in [-0.2, -0.15) is 10.5 Å². The maximum atomic E-state index is 8.79. The monoisotopic (exact) mass is 199 g/mol. The summed E-state index contributed by atoms with van der Waals surface area (Å²) < 4.78 is 0. The molecule has 3 nitrogen and oxygen atoms in total. The molecule has 76 valence electrons. The molecule has 0 aliphatic heterocycles. The number of pyridine rings is 1. The lowest BCUT2D eigenvalue weighted by molar-refractivity contribution is 0.465. The first kappa shape index (κ1) is 11.2. The van der Waals surface area contributed by atoms with E-state index in [1.54, 1.807) is 12.3 Å². The summed E-state index contributed by atoms with van der Waals surface area (Å²) in [6.45, 7) is 4.08. The van der Waals surface area contributed by atoms with Crippen LogP contribution in [-0.2, 0) is 5.41 Å². The Hall–Kier alpha value is -1.87. The summed E-state index contributed by atoms with van der Waals surface area (Å²) in [7, 11) is 0. The van der Waals surface area contributed by atoms with E-state index in [0.717, 1.165) is 12.0 Å². The Morgan fingerprint density at radius 3 is 2.73 bits per heavy atom. The van der Waals surface area contributed by atoms with Gasteiger partial charge in [0.25, 0.3) is 0 Å². The Morgan fingerprint density at radius 2 is 2.20 bits per heavy atom. The highest BCUT2D eigenvalue weighted by Gasteiger charge is 2.24. The van der Waals surface area contributed by atoms with Crippen LogP contribution in [0.3, 0.4) is 0 Å². The molecule has 0 aliphatic rings. The van der Waals surface area contributed by atoms with E-state index in [1.165, 1.54) is 0 Å². The predicted molar refractivity (Wildman–Crippen MR) is 56.8 cm³/mol. The third kappa shape index (κ3) is 2.33. The minimum absolute atomic E-state index is 0.177. The van der Waals surface area contributed by atoms with Gasteiger partial charge in [0.1, 0.15) is 11.8 Å². The second kappa shape index (κ2) is 4.57. The molecule has 1 atom stereocenters. The second-order valence-electron chi connectivity index (χ2n) is 3.79. The lowest BCUT2D eigenvalue weighted by Gasteiger charge is -2.25. The van der Waals surface area contributed by atoms with Crippen LogP contribution in [0.15, 0.2) is 18.3 Å². The van der Waals surface area contributed by atoms with Crippen molar-refractivity contribution in [2.24, 2.45) is 0 Å². The Kier molecular flexibility index (Phi) is 3.42. The number of hydrogen-bond acceptors (Lipinski definition) is 3. The van der Waals surface area contributed by atoms with E-state index in [0.29, 0.717) is 12.1 Å². The average Bonchev–Trinajstić information content (AvgIpc) is 2.29. The Labute approximate surface area is 90.0 Å². The summed E-state index contributed by atoms with van der Waals surface area (Å²) in [4.78, 5) is 3.92. The first-order valence-corrected chi connectivity index (χ1v) is 4.90. The molecule has 0 spiro atoms. The zero-order valence-corrected chi connectivity index (χ0v) is 8.99. The van der Waals surface area contributed by atoms with E-state index in [1.807, 2.05) is 26.0 Å². The van der Waals surface area contributed by atoms with Crippen LogP contribution in [-0.4, -0.2) is 4.98 Å². The van der Waals surface area contributed by atoms with Crippen LogP contribution < -0.4 is 0 Å². The molecule has 1 aromatic rings. The summed E-state index contributed by atoms with van der Waals surface area (Å²) in [5.74, 6) is 0. The van der Waals surface area contributed by atoms with Crippen LogP contribution in [0.5, 0.6) is 0 Å². The van der Waals surface area contributed by atoms with Gasteiger partial charge in [-0.05, 0) is 24.1 Å². The van der Waals surface area contributed by atoms with Crippen molar-refractivity contribution in [3.05, 3.63) is 29.6 Å². The minimum atomic E-state index is -0.177. The summed E-state index contributed by atoms with van der Waals surface area (Å²) >= 11 is 0. The molecule has 0 fully saturated rings. The van der Waals surface area contributed by atoms with Crippen molar-refractivity contribution in [1.29, 1.82) is 10.5 Å². The van der Waals surface area contributed by atoms with E-state index in [-0.39, 0.29) is 5.41 Å². The fourth-order valence-electron chi connectivity index (χ4n) is 1.47. The van der Waals surface area contributed by atoms with Crippen molar-refractivity contribution in [3.8, 4) is 12.1 Å². The third-order valence-electron chi connectivity index (χ3n) is 2.82. The summed E-state index contributed by atoms with van der Waals surface area (Å²) in [5, 5.41) is 17.5. The zero-order valence-electron chi connectivity index (χ0n) is 8.99. The van der Waals surface area contributed by atoms with Crippen LogP contribution in [0, 0.1) is 22.7 Å². The quantitative estimate of drug-likeness (QED) is 0.751. The Morgan fingerprint density at radius 1 is 1.47 bits per heavy atom. The van der Waals surface area contributed by atoms with Crippen molar-refractivity contribution >= 4 is 0 Å². The highest BCUT2D eigenvalue weighted by Crippen LogP contribution is 2.30. The van der Waals surface area contributed by atoms with E-state index >= 15 is 0 Å². The summed E-state index contributed by atoms with van der Waals surface area (Å²) in [5.41, 5.74) is 1.24. The smallest absolute Gasteiger partial charge is 0.140 e. The lowest BCUT2D eigenvalue weighted by Crippen LogP contribution is -2.20. The highest BCUT2D eigenvalue weighted by molar-refractivity contribution is 5.31. The van der Waals surface area contributed by atoms with Crippen molar-refractivity contribution in [3.63, 3.8) is 0 Å². The molecular formula is C12H13N3. The van der Waals surface area contributed by atoms with Crippen molar-refractivity contribution in [1.82, 2.24) is 4.98 Å². The zero-order chi connectivity index (χ0) is 11.3. The molecule has 1 aromatic heterocycles. The van der Waals surface area contributed by atoms with Crippen molar-refractivity contribution < 1.29 is 0 Å². The van der Waals surface area contributed by atoms with E-state index < -0.39 is 0 Å². The average molecular weight is 199 g/mol. The molecule has 0 bridgehead atoms. The van der Waals surface area contributed by atoms with Crippen LogP contribution in [0.4, 0.5) is 0 Å². The normalized spacial score (nSPS) is 13.6. The maximum absolute atomic E-state index is 8.79. The third-order valence-corrected chi connectivity index (χ3v) is 2.82. The topological polar surface area (TPSA) is 60.5 Å². The SMILES string of the molecule is CCC(C)(CC#N)c1ccnc(C#N)c1. The number of rotatable bonds is 3. The number of aromatic nitrogens is 1. The second-order valence-corrected chi connectivity index (χ2v) is 3.79. The fraction of sp³-hybridized carbons (Fsp3) is 0.417. The van der Waals surface area contributed by atoms with Gasteiger partial charge in [0.2, 0.25) is 0 Å². The van der Waals surface area contributed by atoms with Crippen LogP contribution in [0.1, 0.15) is 37.9 Å². The molecule has 0 radical (unpaired) electrons. The largest absolute Gasteiger partial charge is 0.246 e. The highest BCUT2D eigenvalue weighted by atomic mass is 14.7. The first-order valence-electron chi connectivity index (χ1n) is 4.90. The van der Waals surface area contributed by atoms with Gasteiger partial charge in [-0.25, -0.2) is 4.98 Å². The number of nitrogens with zero attached hydrogens (tertiary/aromatic N) is 3. The molecule has 0 aliphatic carbocycles. The van der Waals surface area contributed by atoms with Crippen LogP contribution in [0.2, 0.25) is 0 Å². The van der Waals surface area contributed by atoms with Gasteiger partial charge in [-0.15, -0.1) is 0 Å². The Bertz CT molecular complexity index is 425. The molecule has 1 heterocycles. The predicted octanol–water partition coefficient (Wildman–Crippen LogP) is 2.53. The molecule has 15 heavy (non-hydrogen) atoms. The van der Waals surface area contributed by atoms with Crippen LogP contribution >= 0.6 is 0 Å². The molecule has 0 amide bonds. The number of nitriles is 2. The Balaban J connectivity index is 3.14. The van der Waals surface area contributed by atoms with Crippen LogP contribution in [0.25, 0.3) is 0 Å². The molecule has 0 aromatic carbocycles. The fourth-order valence-corrected chi connectivity index (χ4v) is 1.47. The van der Waals surface area contributed by atoms with Gasteiger partial charge in [-0.1, -0.05) is 13.8 Å². The van der Waals surface area contributed by atoms with Gasteiger partial charge in [0.15, 0.2) is 0 Å². The molecule has 0 N–H and O–H groups in total. The first-order chi connectivity index (χ1) is 7.16. The van der Waals surface area contributed by atoms with E-state index in [4.69, 9.17) is 10.5 Å². The van der Waals surface area contributed by atoms with Gasteiger partial charge in [-0.3, -0.25) is 0 Å². The molecule has 1 rings (SSSR count). The molecule has 0 saturated carbocycles. The van der Waals surface area contributed by atoms with E-state index in [2.05, 4.69) is 11.1 Å². The van der Waals surface area contributed by atoms with Gasteiger partial charge in [0.05, 0.1) is 6.07 Å². The van der Waals surface area contributed by atoms with Crippen molar-refractivity contribution in [2.75, 3.05) is 0 Å². The van der Waals surface area contributed by atoms with Crippen molar-refractivity contribution in [2.45, 2.75) is 32.1 Å². The van der Waals surface area contributed by atoms with Gasteiger partial charge >= 0.3 is 0 Å².